The molecule has 3 aliphatic heterocycles. The summed E-state index contributed by atoms with van der Waals surface area (Å²) in [4.78, 5) is 59.1. The van der Waals surface area contributed by atoms with Crippen LogP contribution >= 0.6 is 22.6 Å². The molecule has 94 heavy (non-hydrogen) atoms. The molecule has 0 bridgehead atoms. The number of nitrogens with one attached hydrogen (secondary N) is 2. The second-order valence-corrected chi connectivity index (χ2v) is 27.9. The molecule has 9 heterocycles. The van der Waals surface area contributed by atoms with E-state index in [2.05, 4.69) is 132 Å². The third-order valence-corrected chi connectivity index (χ3v) is 20.5. The molecular formula is C68H82BIN18O6. The molecule has 0 unspecified atom stereocenters. The molecule has 10 aromatic rings. The van der Waals surface area contributed by atoms with E-state index in [0.29, 0.717) is 54.9 Å². The Morgan fingerprint density at radius 1 is 0.553 bits per heavy atom. The average Bonchev–Trinajstić information content (AvgIpc) is 1.63. The van der Waals surface area contributed by atoms with E-state index in [1.165, 1.54) is 18.2 Å². The average molecular weight is 1390 g/mol. The molecule has 0 radical (unpaired) electrons. The van der Waals surface area contributed by atoms with Crippen molar-refractivity contribution in [3.8, 4) is 11.3 Å². The van der Waals surface area contributed by atoms with Gasteiger partial charge in [-0.2, -0.15) is 20.2 Å². The van der Waals surface area contributed by atoms with Crippen LogP contribution in [0.4, 0.5) is 35.0 Å². The maximum Gasteiger partial charge on any atom is 0.494 e. The molecule has 24 nitrogen and oxygen atoms in total. The molecule has 26 heteroatoms. The number of fused-ring (bicyclic) bond motifs is 4. The normalized spacial score (nSPS) is 21.0. The standard InChI is InChI=1S/C31H35N9O2.C21H25BN2O3.C16H22IN7O/c1-18-14-19(2)28-24(15-18)36-31(42-28)35-21-6-4-20(5-7-21)27-26-29(32)33-17-34-30(26)40(37-27)23-10-8-22(9-11-23)39-13-12-38(3)25(41)16-39;1-13-11-14(2)18-17(12-13)24-19(25-18)23-16-9-7-15(8-10-16)22-26-20(3,4)21(5,6)27-22;1-22-6-7-23(8-12(22)25)10-2-4-11(5-3-10)24-16-13(14(17)21-24)15(18)19-9-20-16/h4-7,14-15,17,22-23H,8-13,16H2,1-3H3,(H,35,36)(H2,32,33,34);7-12H,1-6H3,(H,23,24);9-11H,2-8H2,1H3,(H2,18,19,20). The van der Waals surface area contributed by atoms with E-state index in [1.54, 1.807) is 0 Å². The summed E-state index contributed by atoms with van der Waals surface area (Å²) in [6.45, 7) is 21.0. The van der Waals surface area contributed by atoms with Gasteiger partial charge in [-0.15, -0.1) is 0 Å². The lowest BCUT2D eigenvalue weighted by molar-refractivity contribution is -0.136. The van der Waals surface area contributed by atoms with Crippen molar-refractivity contribution in [2.45, 2.75) is 142 Å². The predicted octanol–water partition coefficient (Wildman–Crippen LogP) is 10.6. The minimum Gasteiger partial charge on any atom is -0.423 e. The number of halogens is 1. The monoisotopic (exact) mass is 1380 g/mol. The molecule has 5 fully saturated rings. The van der Waals surface area contributed by atoms with E-state index in [9.17, 15) is 9.59 Å². The van der Waals surface area contributed by atoms with Gasteiger partial charge in [0.15, 0.2) is 22.5 Å². The summed E-state index contributed by atoms with van der Waals surface area (Å²) < 4.78 is 29.0. The largest absolute Gasteiger partial charge is 0.494 e. The highest BCUT2D eigenvalue weighted by atomic mass is 127. The van der Waals surface area contributed by atoms with E-state index in [1.807, 2.05) is 108 Å². The highest BCUT2D eigenvalue weighted by molar-refractivity contribution is 14.1. The summed E-state index contributed by atoms with van der Waals surface area (Å²) in [5.41, 5.74) is 25.5. The van der Waals surface area contributed by atoms with Crippen LogP contribution in [0.2, 0.25) is 0 Å². The third kappa shape index (κ3) is 13.1. The molecule has 2 aliphatic carbocycles. The lowest BCUT2D eigenvalue weighted by atomic mass is 9.79. The van der Waals surface area contributed by atoms with Crippen LogP contribution in [0.25, 0.3) is 55.5 Å². The van der Waals surface area contributed by atoms with E-state index in [4.69, 9.17) is 34.7 Å². The Kier molecular flexibility index (Phi) is 17.9. The fraction of sp³-hybridized carbons (Fsp3) is 0.441. The lowest BCUT2D eigenvalue weighted by Gasteiger charge is -2.40. The zero-order valence-corrected chi connectivity index (χ0v) is 57.3. The van der Waals surface area contributed by atoms with Gasteiger partial charge in [0, 0.05) is 69.3 Å². The van der Waals surface area contributed by atoms with E-state index in [-0.39, 0.29) is 36.2 Å². The number of benzene rings is 4. The number of nitrogens with zero attached hydrogens (tertiary/aromatic N) is 14. The summed E-state index contributed by atoms with van der Waals surface area (Å²) in [5.74, 6) is 1.35. The van der Waals surface area contributed by atoms with E-state index in [0.717, 1.165) is 170 Å². The van der Waals surface area contributed by atoms with Crippen molar-refractivity contribution in [1.29, 1.82) is 0 Å². The highest BCUT2D eigenvalue weighted by Gasteiger charge is 2.51. The van der Waals surface area contributed by atoms with Gasteiger partial charge in [0.05, 0.1) is 47.1 Å². The molecule has 5 aliphatic rings. The fourth-order valence-electron chi connectivity index (χ4n) is 13.7. The maximum absolute atomic E-state index is 12.3. The number of aryl methyl sites for hydroxylation is 4. The molecular weight excluding hydrogens is 1300 g/mol. The van der Waals surface area contributed by atoms with Crippen molar-refractivity contribution in [2.24, 2.45) is 0 Å². The summed E-state index contributed by atoms with van der Waals surface area (Å²) in [5, 5.41) is 17.9. The molecule has 0 spiro atoms. The van der Waals surface area contributed by atoms with Gasteiger partial charge in [0.2, 0.25) is 11.8 Å². The molecule has 2 amide bonds. The van der Waals surface area contributed by atoms with E-state index < -0.39 is 0 Å². The number of likely N-dealkylation sites (N-methyl/N-ethyl adjacent to an activating group) is 2. The van der Waals surface area contributed by atoms with Gasteiger partial charge in [-0.3, -0.25) is 19.4 Å². The smallest absolute Gasteiger partial charge is 0.423 e. The van der Waals surface area contributed by atoms with Crippen molar-refractivity contribution in [2.75, 3.05) is 75.5 Å². The number of nitrogen functional groups attached to an aromatic ring is 2. The van der Waals surface area contributed by atoms with Crippen LogP contribution in [0.15, 0.2) is 94.3 Å². The lowest BCUT2D eigenvalue weighted by Crippen LogP contribution is -2.52. The topological polar surface area (TPSA) is 281 Å². The van der Waals surface area contributed by atoms with Gasteiger partial charge in [-0.1, -0.05) is 36.4 Å². The molecule has 6 N–H and O–H groups in total. The second-order valence-electron chi connectivity index (χ2n) is 26.9. The molecule has 6 aromatic heterocycles. The number of amides is 2. The third-order valence-electron chi connectivity index (χ3n) is 19.8. The summed E-state index contributed by atoms with van der Waals surface area (Å²) in [6, 6.07) is 26.6. The molecule has 4 aromatic carbocycles. The summed E-state index contributed by atoms with van der Waals surface area (Å²) in [7, 11) is 3.40. The molecule has 15 rings (SSSR count). The van der Waals surface area contributed by atoms with Gasteiger partial charge >= 0.3 is 7.12 Å². The zero-order chi connectivity index (χ0) is 65.9. The van der Waals surface area contributed by atoms with Gasteiger partial charge in [0.25, 0.3) is 12.0 Å². The van der Waals surface area contributed by atoms with Crippen LogP contribution in [0.5, 0.6) is 0 Å². The van der Waals surface area contributed by atoms with Crippen molar-refractivity contribution in [1.82, 2.24) is 69.1 Å². The Bertz CT molecular complexity index is 4420. The van der Waals surface area contributed by atoms with Gasteiger partial charge in [-0.25, -0.2) is 29.3 Å². The molecule has 2 saturated carbocycles. The van der Waals surface area contributed by atoms with Crippen LogP contribution in [0.1, 0.15) is 113 Å². The Labute approximate surface area is 560 Å². The number of nitrogens with two attached hydrogens (primary N) is 2. The van der Waals surface area contributed by atoms with Crippen molar-refractivity contribution < 1.29 is 27.7 Å². The van der Waals surface area contributed by atoms with Crippen molar-refractivity contribution in [3.05, 3.63) is 111 Å². The Balaban J connectivity index is 0.000000135. The first-order valence-corrected chi connectivity index (χ1v) is 33.6. The minimum atomic E-state index is -0.362. The van der Waals surface area contributed by atoms with Crippen LogP contribution in [0, 0.1) is 31.4 Å². The number of carbonyl (C=O) groups excluding carboxylic acids is 2. The zero-order valence-electron chi connectivity index (χ0n) is 55.1. The Hall–Kier alpha value is -8.31. The summed E-state index contributed by atoms with van der Waals surface area (Å²) in [6.07, 6.45) is 11.3. The Morgan fingerprint density at radius 3 is 1.45 bits per heavy atom. The van der Waals surface area contributed by atoms with E-state index >= 15 is 0 Å². The van der Waals surface area contributed by atoms with Gasteiger partial charge < -0.3 is 50.0 Å². The van der Waals surface area contributed by atoms with Crippen molar-refractivity contribution >= 4 is 126 Å². The second kappa shape index (κ2) is 26.1. The predicted molar refractivity (Wildman–Crippen MR) is 374 cm³/mol. The number of aromatic nitrogens is 10. The van der Waals surface area contributed by atoms with Crippen LogP contribution in [-0.4, -0.2) is 165 Å². The number of piperazine rings is 2. The highest BCUT2D eigenvalue weighted by Crippen LogP contribution is 2.40. The molecule has 490 valence electrons. The van der Waals surface area contributed by atoms with Crippen LogP contribution in [-0.2, 0) is 18.9 Å². The maximum atomic E-state index is 12.3. The summed E-state index contributed by atoms with van der Waals surface area (Å²) >= 11 is 2.20. The number of hydrogen-bond donors (Lipinski definition) is 4. The van der Waals surface area contributed by atoms with Gasteiger partial charge in [-0.05, 0) is 193 Å². The molecule has 0 atom stereocenters. The first-order valence-electron chi connectivity index (χ1n) is 32.5. The number of anilines is 6. The number of rotatable bonds is 10. The van der Waals surface area contributed by atoms with Crippen LogP contribution in [0.3, 0.4) is 0 Å². The van der Waals surface area contributed by atoms with Gasteiger partial charge in [0.1, 0.15) is 44.7 Å². The quantitative estimate of drug-likeness (QED) is 0.0731. The minimum absolute atomic E-state index is 0.207. The van der Waals surface area contributed by atoms with Crippen LogP contribution < -0.4 is 27.6 Å². The fourth-order valence-corrected chi connectivity index (χ4v) is 14.4. The Morgan fingerprint density at radius 2 is 0.979 bits per heavy atom. The first kappa shape index (κ1) is 64.4. The first-order chi connectivity index (χ1) is 45.0. The number of carbonyl (C=O) groups is 2. The SMILES string of the molecule is CN1CCN(C2CCC(n3nc(I)c4c(N)ncnc43)CC2)CC1=O.Cc1cc(C)c2oc(Nc3ccc(-c4nn(C5CCC(N6CCN(C)C(=O)C6)CC5)c5ncnc(N)c45)cc3)nc2c1.Cc1cc(C)c2oc(Nc3ccc(B4OC(C)(C)C(C)(C)O4)cc3)nc2c1. The van der Waals surface area contributed by atoms with Crippen molar-refractivity contribution in [3.63, 3.8) is 0 Å². The number of hydrogen-bond acceptors (Lipinski definition) is 20. The number of oxazole rings is 2. The molecule has 3 saturated heterocycles.